The summed E-state index contributed by atoms with van der Waals surface area (Å²) >= 11 is 0. The molecule has 1 aromatic carbocycles. The number of rotatable bonds is 8. The Kier molecular flexibility index (Phi) is 6.62. The molecule has 2 rings (SSSR count). The average Bonchev–Trinajstić information content (AvgIpc) is 3.09. The number of hydrogen-bond acceptors (Lipinski definition) is 4. The van der Waals surface area contributed by atoms with Gasteiger partial charge in [0, 0.05) is 0 Å². The van der Waals surface area contributed by atoms with Gasteiger partial charge < -0.3 is 14.6 Å². The molecule has 0 spiro atoms. The molecule has 0 heterocycles. The number of carboxylic acid groups (broad SMARTS) is 1. The van der Waals surface area contributed by atoms with E-state index in [0.717, 1.165) is 38.2 Å². The number of benzene rings is 1. The molecule has 28 heavy (non-hydrogen) atoms. The Morgan fingerprint density at radius 1 is 1.25 bits per heavy atom. The van der Waals surface area contributed by atoms with E-state index in [0.29, 0.717) is 0 Å². The van der Waals surface area contributed by atoms with Crippen LogP contribution in [0.2, 0.25) is 0 Å². The van der Waals surface area contributed by atoms with Crippen molar-refractivity contribution in [2.24, 2.45) is 5.92 Å². The number of carbonyl (C=O) groups is 2. The van der Waals surface area contributed by atoms with Crippen molar-refractivity contribution in [1.29, 1.82) is 0 Å². The minimum atomic E-state index is -4.26. The lowest BCUT2D eigenvalue weighted by atomic mass is 9.98. The second-order valence-electron chi connectivity index (χ2n) is 7.49. The number of hydrogen-bond donors (Lipinski definition) is 1. The quantitative estimate of drug-likeness (QED) is 0.631. The number of carbonyl (C=O) groups excluding carboxylic acids is 1. The fourth-order valence-electron chi connectivity index (χ4n) is 3.42. The van der Waals surface area contributed by atoms with Gasteiger partial charge in [0.25, 0.3) is 0 Å². The molecule has 1 N–H and O–H groups in total. The van der Waals surface area contributed by atoms with Crippen LogP contribution in [0.4, 0.5) is 13.2 Å². The van der Waals surface area contributed by atoms with E-state index in [4.69, 9.17) is 14.6 Å². The smallest absolute Gasteiger partial charge is 0.378 e. The number of esters is 1. The normalized spacial score (nSPS) is 17.4. The molecule has 1 saturated carbocycles. The maximum absolute atomic E-state index is 14.5. The van der Waals surface area contributed by atoms with Crippen LogP contribution in [0.5, 0.6) is 5.75 Å². The number of halogens is 3. The fourth-order valence-corrected chi connectivity index (χ4v) is 3.42. The van der Waals surface area contributed by atoms with E-state index in [1.54, 1.807) is 0 Å². The van der Waals surface area contributed by atoms with Crippen molar-refractivity contribution >= 4 is 11.9 Å². The van der Waals surface area contributed by atoms with Crippen LogP contribution in [0.1, 0.15) is 63.2 Å². The lowest BCUT2D eigenvalue weighted by Gasteiger charge is -2.29. The van der Waals surface area contributed by atoms with E-state index in [1.807, 2.05) is 6.92 Å². The summed E-state index contributed by atoms with van der Waals surface area (Å²) in [5.41, 5.74) is -0.733. The highest BCUT2D eigenvalue weighted by Crippen LogP contribution is 2.38. The van der Waals surface area contributed by atoms with Gasteiger partial charge in [0.05, 0.1) is 5.56 Å². The molecule has 0 saturated heterocycles. The summed E-state index contributed by atoms with van der Waals surface area (Å²) in [4.78, 5) is 23.0. The van der Waals surface area contributed by atoms with Crippen LogP contribution >= 0.6 is 0 Å². The summed E-state index contributed by atoms with van der Waals surface area (Å²) in [6.45, 7) is 4.57. The van der Waals surface area contributed by atoms with Crippen LogP contribution in [0.25, 0.3) is 0 Å². The maximum Gasteiger partial charge on any atom is 0.378 e. The van der Waals surface area contributed by atoms with Crippen LogP contribution in [0, 0.1) is 11.7 Å². The molecular formula is C20H25F3O5. The first-order valence-electron chi connectivity index (χ1n) is 9.33. The van der Waals surface area contributed by atoms with E-state index < -0.39 is 41.3 Å². The molecule has 156 valence electrons. The van der Waals surface area contributed by atoms with Gasteiger partial charge in [-0.15, -0.1) is 0 Å². The number of alkyl halides is 2. The average molecular weight is 402 g/mol. The topological polar surface area (TPSA) is 72.8 Å². The second kappa shape index (κ2) is 8.41. The molecular weight excluding hydrogens is 377 g/mol. The molecule has 0 bridgehead atoms. The van der Waals surface area contributed by atoms with E-state index in [9.17, 15) is 22.8 Å². The molecule has 1 aromatic rings. The van der Waals surface area contributed by atoms with Crippen molar-refractivity contribution in [3.8, 4) is 5.75 Å². The molecule has 1 aliphatic rings. The van der Waals surface area contributed by atoms with E-state index in [1.165, 1.54) is 26.0 Å². The van der Waals surface area contributed by atoms with E-state index in [2.05, 4.69) is 0 Å². The summed E-state index contributed by atoms with van der Waals surface area (Å²) < 4.78 is 52.7. The Bertz CT molecular complexity index is 727. The Balaban J connectivity index is 2.18. The maximum atomic E-state index is 14.5. The molecule has 0 radical (unpaired) electrons. The zero-order chi connectivity index (χ0) is 21.1. The molecule has 1 atom stereocenters. The summed E-state index contributed by atoms with van der Waals surface area (Å²) in [6, 6.07) is 3.34. The van der Waals surface area contributed by atoms with Gasteiger partial charge in [0.1, 0.15) is 5.60 Å². The highest BCUT2D eigenvalue weighted by atomic mass is 19.3. The van der Waals surface area contributed by atoms with Crippen molar-refractivity contribution in [2.45, 2.75) is 70.5 Å². The van der Waals surface area contributed by atoms with Crippen molar-refractivity contribution in [2.75, 3.05) is 0 Å². The predicted molar refractivity (Wildman–Crippen MR) is 95.1 cm³/mol. The van der Waals surface area contributed by atoms with Crippen LogP contribution < -0.4 is 4.74 Å². The van der Waals surface area contributed by atoms with Crippen LogP contribution in [0.15, 0.2) is 18.2 Å². The number of ether oxygens (including phenoxy) is 2. The van der Waals surface area contributed by atoms with Gasteiger partial charge in [-0.05, 0) is 56.2 Å². The Morgan fingerprint density at radius 3 is 2.32 bits per heavy atom. The molecule has 1 aliphatic carbocycles. The zero-order valence-electron chi connectivity index (χ0n) is 16.1. The molecule has 0 amide bonds. The third kappa shape index (κ3) is 4.59. The highest BCUT2D eigenvalue weighted by Gasteiger charge is 2.51. The lowest BCUT2D eigenvalue weighted by molar-refractivity contribution is -0.187. The number of carboxylic acids is 1. The fraction of sp³-hybridized carbons (Fsp3) is 0.600. The Hall–Kier alpha value is -2.25. The van der Waals surface area contributed by atoms with Gasteiger partial charge in [-0.25, -0.2) is 14.0 Å². The first kappa shape index (κ1) is 22.0. The zero-order valence-corrected chi connectivity index (χ0v) is 16.1. The standard InChI is InChI=1S/C20H25F3O5/c1-4-19(9-5-6-10-19)28-15-8-7-13(11-14(15)21)17(24)27-16(12(2)3)20(22,23)18(25)26/h7-8,11-12,16H,4-6,9-10H2,1-3H3,(H,25,26). The molecule has 1 fully saturated rings. The number of aliphatic carboxylic acids is 1. The van der Waals surface area contributed by atoms with Crippen LogP contribution in [-0.2, 0) is 9.53 Å². The van der Waals surface area contributed by atoms with Crippen LogP contribution in [-0.4, -0.2) is 34.7 Å². The van der Waals surface area contributed by atoms with Crippen LogP contribution in [0.3, 0.4) is 0 Å². The van der Waals surface area contributed by atoms with E-state index >= 15 is 0 Å². The highest BCUT2D eigenvalue weighted by molar-refractivity contribution is 5.90. The van der Waals surface area contributed by atoms with Gasteiger partial charge >= 0.3 is 17.9 Å². The minimum Gasteiger partial charge on any atom is -0.484 e. The largest absolute Gasteiger partial charge is 0.484 e. The SMILES string of the molecule is CCC1(Oc2ccc(C(=O)OC(C(C)C)C(F)(F)C(=O)O)cc2F)CCCC1. The third-order valence-electron chi connectivity index (χ3n) is 5.14. The van der Waals surface area contributed by atoms with Crippen molar-refractivity contribution in [1.82, 2.24) is 0 Å². The summed E-state index contributed by atoms with van der Waals surface area (Å²) in [7, 11) is 0. The summed E-state index contributed by atoms with van der Waals surface area (Å²) in [5, 5.41) is 8.69. The summed E-state index contributed by atoms with van der Waals surface area (Å²) in [5.74, 6) is -9.67. The van der Waals surface area contributed by atoms with Gasteiger partial charge in [0.2, 0.25) is 0 Å². The second-order valence-corrected chi connectivity index (χ2v) is 7.49. The lowest BCUT2D eigenvalue weighted by Crippen LogP contribution is -2.47. The first-order chi connectivity index (χ1) is 13.0. The molecule has 8 heteroatoms. The van der Waals surface area contributed by atoms with Gasteiger partial charge in [-0.1, -0.05) is 20.8 Å². The molecule has 5 nitrogen and oxygen atoms in total. The molecule has 1 unspecified atom stereocenters. The summed E-state index contributed by atoms with van der Waals surface area (Å²) in [6.07, 6.45) is 2.15. The van der Waals surface area contributed by atoms with Gasteiger partial charge in [-0.3, -0.25) is 0 Å². The van der Waals surface area contributed by atoms with E-state index in [-0.39, 0.29) is 11.3 Å². The molecule has 0 aliphatic heterocycles. The van der Waals surface area contributed by atoms with Gasteiger partial charge in [0.15, 0.2) is 17.7 Å². The predicted octanol–water partition coefficient (Wildman–Crippen LogP) is 4.83. The third-order valence-corrected chi connectivity index (χ3v) is 5.14. The monoisotopic (exact) mass is 402 g/mol. The van der Waals surface area contributed by atoms with Gasteiger partial charge in [-0.2, -0.15) is 8.78 Å². The first-order valence-corrected chi connectivity index (χ1v) is 9.33. The van der Waals surface area contributed by atoms with Crippen molar-refractivity contribution in [3.63, 3.8) is 0 Å². The van der Waals surface area contributed by atoms with Crippen molar-refractivity contribution in [3.05, 3.63) is 29.6 Å². The van der Waals surface area contributed by atoms with Crippen molar-refractivity contribution < 1.29 is 37.3 Å². The Morgan fingerprint density at radius 2 is 1.86 bits per heavy atom. The minimum absolute atomic E-state index is 0.0171. The molecule has 0 aromatic heterocycles. The Labute approximate surface area is 161 Å².